The lowest BCUT2D eigenvalue weighted by molar-refractivity contribution is 0.0914. The van der Waals surface area contributed by atoms with Gasteiger partial charge in [0.1, 0.15) is 0 Å². The van der Waals surface area contributed by atoms with Gasteiger partial charge in [0.2, 0.25) is 0 Å². The molecule has 1 N–H and O–H groups in total. The standard InChI is InChI=1S/C14H29NO3S/c1-4-15-9-13(5-7-18-10-12(2)3)14-6-8-19(16,17)11-14/h12-15H,4-11H2,1-3H3. The van der Waals surface area contributed by atoms with Crippen LogP contribution in [0.2, 0.25) is 0 Å². The highest BCUT2D eigenvalue weighted by molar-refractivity contribution is 7.91. The molecular formula is C14H29NO3S. The van der Waals surface area contributed by atoms with Gasteiger partial charge in [-0.1, -0.05) is 20.8 Å². The summed E-state index contributed by atoms with van der Waals surface area (Å²) in [5, 5.41) is 3.35. The summed E-state index contributed by atoms with van der Waals surface area (Å²) in [7, 11) is -2.78. The van der Waals surface area contributed by atoms with Crippen molar-refractivity contribution in [2.45, 2.75) is 33.6 Å². The molecule has 1 aliphatic heterocycles. The van der Waals surface area contributed by atoms with Gasteiger partial charge in [-0.25, -0.2) is 8.42 Å². The largest absolute Gasteiger partial charge is 0.381 e. The zero-order valence-corrected chi connectivity index (χ0v) is 13.3. The molecule has 0 aromatic heterocycles. The first-order valence-electron chi connectivity index (χ1n) is 7.43. The summed E-state index contributed by atoms with van der Waals surface area (Å²) in [6, 6.07) is 0. The van der Waals surface area contributed by atoms with Gasteiger partial charge >= 0.3 is 0 Å². The maximum atomic E-state index is 11.6. The fourth-order valence-corrected chi connectivity index (χ4v) is 4.50. The number of hydrogen-bond donors (Lipinski definition) is 1. The van der Waals surface area contributed by atoms with Crippen molar-refractivity contribution >= 4 is 9.84 Å². The van der Waals surface area contributed by atoms with E-state index in [9.17, 15) is 8.42 Å². The molecule has 0 radical (unpaired) electrons. The van der Waals surface area contributed by atoms with E-state index in [4.69, 9.17) is 4.74 Å². The van der Waals surface area contributed by atoms with Crippen molar-refractivity contribution in [3.8, 4) is 0 Å². The Labute approximate surface area is 118 Å². The SMILES string of the molecule is CCNCC(CCOCC(C)C)C1CCS(=O)(=O)C1. The predicted octanol–water partition coefficient (Wildman–Crippen LogP) is 1.71. The Bertz CT molecular complexity index is 341. The molecule has 1 aliphatic rings. The number of hydrogen-bond acceptors (Lipinski definition) is 4. The van der Waals surface area contributed by atoms with Crippen LogP contribution in [0.15, 0.2) is 0 Å². The summed E-state index contributed by atoms with van der Waals surface area (Å²) in [6.07, 6.45) is 1.78. The zero-order chi connectivity index (χ0) is 14.3. The Balaban J connectivity index is 2.39. The van der Waals surface area contributed by atoms with Crippen LogP contribution in [0.3, 0.4) is 0 Å². The van der Waals surface area contributed by atoms with Crippen LogP contribution in [0, 0.1) is 17.8 Å². The van der Waals surface area contributed by atoms with Crippen LogP contribution in [-0.2, 0) is 14.6 Å². The van der Waals surface area contributed by atoms with Crippen LogP contribution >= 0.6 is 0 Å². The minimum atomic E-state index is -2.78. The molecule has 114 valence electrons. The van der Waals surface area contributed by atoms with Gasteiger partial charge in [-0.05, 0) is 43.7 Å². The molecular weight excluding hydrogens is 262 g/mol. The molecule has 2 atom stereocenters. The second-order valence-electron chi connectivity index (χ2n) is 5.99. The van der Waals surface area contributed by atoms with E-state index in [1.54, 1.807) is 0 Å². The van der Waals surface area contributed by atoms with Crippen molar-refractivity contribution in [1.29, 1.82) is 0 Å². The van der Waals surface area contributed by atoms with Crippen LogP contribution in [0.25, 0.3) is 0 Å². The predicted molar refractivity (Wildman–Crippen MR) is 79.1 cm³/mol. The van der Waals surface area contributed by atoms with E-state index < -0.39 is 9.84 Å². The molecule has 0 aromatic rings. The highest BCUT2D eigenvalue weighted by Crippen LogP contribution is 2.28. The van der Waals surface area contributed by atoms with E-state index in [2.05, 4.69) is 26.1 Å². The topological polar surface area (TPSA) is 55.4 Å². The second-order valence-corrected chi connectivity index (χ2v) is 8.22. The first kappa shape index (κ1) is 16.9. The third-order valence-electron chi connectivity index (χ3n) is 3.68. The molecule has 1 heterocycles. The van der Waals surface area contributed by atoms with Crippen molar-refractivity contribution < 1.29 is 13.2 Å². The lowest BCUT2D eigenvalue weighted by Gasteiger charge is -2.23. The molecule has 1 saturated heterocycles. The molecule has 0 bridgehead atoms. The Morgan fingerprint density at radius 2 is 2.11 bits per heavy atom. The van der Waals surface area contributed by atoms with Crippen LogP contribution in [0.1, 0.15) is 33.6 Å². The van der Waals surface area contributed by atoms with Gasteiger partial charge in [-0.2, -0.15) is 0 Å². The average Bonchev–Trinajstić information content (AvgIpc) is 2.68. The highest BCUT2D eigenvalue weighted by atomic mass is 32.2. The van der Waals surface area contributed by atoms with Crippen molar-refractivity contribution in [1.82, 2.24) is 5.32 Å². The normalized spacial score (nSPS) is 23.9. The summed E-state index contributed by atoms with van der Waals surface area (Å²) in [6.45, 7) is 9.73. The molecule has 0 spiro atoms. The maximum Gasteiger partial charge on any atom is 0.150 e. The van der Waals surface area contributed by atoms with Crippen LogP contribution in [0.5, 0.6) is 0 Å². The first-order valence-corrected chi connectivity index (χ1v) is 9.25. The van der Waals surface area contributed by atoms with Crippen LogP contribution in [0.4, 0.5) is 0 Å². The molecule has 1 rings (SSSR count). The number of ether oxygens (including phenoxy) is 1. The van der Waals surface area contributed by atoms with E-state index in [0.717, 1.165) is 39.1 Å². The lowest BCUT2D eigenvalue weighted by atomic mass is 9.89. The summed E-state index contributed by atoms with van der Waals surface area (Å²) in [4.78, 5) is 0. The third kappa shape index (κ3) is 6.72. The maximum absolute atomic E-state index is 11.6. The van der Waals surface area contributed by atoms with Crippen molar-refractivity contribution in [2.24, 2.45) is 17.8 Å². The van der Waals surface area contributed by atoms with E-state index in [1.807, 2.05) is 0 Å². The summed E-state index contributed by atoms with van der Waals surface area (Å²) >= 11 is 0. The quantitative estimate of drug-likeness (QED) is 0.657. The molecule has 4 nitrogen and oxygen atoms in total. The van der Waals surface area contributed by atoms with Crippen LogP contribution < -0.4 is 5.32 Å². The molecule has 0 aromatic carbocycles. The molecule has 0 aliphatic carbocycles. The van der Waals surface area contributed by atoms with Gasteiger partial charge in [0.25, 0.3) is 0 Å². The summed E-state index contributed by atoms with van der Waals surface area (Å²) < 4.78 is 28.8. The molecule has 0 saturated carbocycles. The number of sulfone groups is 1. The minimum absolute atomic E-state index is 0.312. The highest BCUT2D eigenvalue weighted by Gasteiger charge is 2.33. The first-order chi connectivity index (χ1) is 8.94. The minimum Gasteiger partial charge on any atom is -0.381 e. The monoisotopic (exact) mass is 291 g/mol. The third-order valence-corrected chi connectivity index (χ3v) is 5.47. The van der Waals surface area contributed by atoms with Gasteiger partial charge < -0.3 is 10.1 Å². The summed E-state index contributed by atoms with van der Waals surface area (Å²) in [5.41, 5.74) is 0. The smallest absolute Gasteiger partial charge is 0.150 e. The fraction of sp³-hybridized carbons (Fsp3) is 1.00. The van der Waals surface area contributed by atoms with Gasteiger partial charge in [0.05, 0.1) is 11.5 Å². The molecule has 0 amide bonds. The fourth-order valence-electron chi connectivity index (χ4n) is 2.58. The Morgan fingerprint density at radius 3 is 2.63 bits per heavy atom. The zero-order valence-electron chi connectivity index (χ0n) is 12.5. The van der Waals surface area contributed by atoms with Gasteiger partial charge in [0.15, 0.2) is 9.84 Å². The van der Waals surface area contributed by atoms with Gasteiger partial charge in [-0.3, -0.25) is 0 Å². The number of rotatable bonds is 9. The van der Waals surface area contributed by atoms with E-state index in [-0.39, 0.29) is 0 Å². The summed E-state index contributed by atoms with van der Waals surface area (Å²) in [5.74, 6) is 2.02. The average molecular weight is 291 g/mol. The van der Waals surface area contributed by atoms with E-state index in [1.165, 1.54) is 0 Å². The van der Waals surface area contributed by atoms with Crippen LogP contribution in [-0.4, -0.2) is 46.2 Å². The Hall–Kier alpha value is -0.130. The van der Waals surface area contributed by atoms with E-state index in [0.29, 0.717) is 29.3 Å². The molecule has 1 fully saturated rings. The van der Waals surface area contributed by atoms with Crippen molar-refractivity contribution in [2.75, 3.05) is 37.8 Å². The molecule has 2 unspecified atom stereocenters. The van der Waals surface area contributed by atoms with Crippen molar-refractivity contribution in [3.63, 3.8) is 0 Å². The van der Waals surface area contributed by atoms with Gasteiger partial charge in [-0.15, -0.1) is 0 Å². The van der Waals surface area contributed by atoms with Gasteiger partial charge in [0, 0.05) is 13.2 Å². The molecule has 19 heavy (non-hydrogen) atoms. The Morgan fingerprint density at radius 1 is 1.37 bits per heavy atom. The van der Waals surface area contributed by atoms with Crippen molar-refractivity contribution in [3.05, 3.63) is 0 Å². The second kappa shape index (κ2) is 8.22. The number of nitrogens with one attached hydrogen (secondary N) is 1. The van der Waals surface area contributed by atoms with E-state index >= 15 is 0 Å². The lowest BCUT2D eigenvalue weighted by Crippen LogP contribution is -2.30. The molecule has 5 heteroatoms. The Kier molecular flexibility index (Phi) is 7.32.